The number of thioether (sulfide) groups is 1. The molecule has 0 unspecified atom stereocenters. The van der Waals surface area contributed by atoms with Crippen molar-refractivity contribution >= 4 is 47.1 Å². The van der Waals surface area contributed by atoms with Crippen molar-refractivity contribution < 1.29 is 18.8 Å². The van der Waals surface area contributed by atoms with E-state index in [0.717, 1.165) is 4.90 Å². The van der Waals surface area contributed by atoms with Crippen LogP contribution in [0.3, 0.4) is 0 Å². The molecule has 0 aliphatic carbocycles. The second-order valence-electron chi connectivity index (χ2n) is 7.93. The van der Waals surface area contributed by atoms with Crippen LogP contribution in [0.5, 0.6) is 0 Å². The maximum atomic E-state index is 14.3. The molecule has 38 heavy (non-hydrogen) atoms. The summed E-state index contributed by atoms with van der Waals surface area (Å²) in [6.07, 6.45) is 2.88. The Morgan fingerprint density at radius 3 is 2.24 bits per heavy atom. The van der Waals surface area contributed by atoms with Crippen LogP contribution in [-0.2, 0) is 9.59 Å². The molecule has 0 saturated heterocycles. The highest BCUT2D eigenvalue weighted by atomic mass is 32.2. The van der Waals surface area contributed by atoms with Crippen LogP contribution in [0.4, 0.5) is 15.9 Å². The van der Waals surface area contributed by atoms with E-state index < -0.39 is 17.6 Å². The number of amides is 3. The number of anilines is 2. The van der Waals surface area contributed by atoms with E-state index in [4.69, 9.17) is 0 Å². The van der Waals surface area contributed by atoms with Gasteiger partial charge in [-0.2, -0.15) is 0 Å². The lowest BCUT2D eigenvalue weighted by atomic mass is 10.1. The highest BCUT2D eigenvalue weighted by Crippen LogP contribution is 2.21. The van der Waals surface area contributed by atoms with Crippen molar-refractivity contribution in [2.45, 2.75) is 4.90 Å². The average molecular weight is 527 g/mol. The van der Waals surface area contributed by atoms with Crippen molar-refractivity contribution in [1.29, 1.82) is 0 Å². The Labute approximate surface area is 223 Å². The molecular weight excluding hydrogens is 503 g/mol. The molecule has 3 aromatic carbocycles. The number of hydrogen-bond acceptors (Lipinski definition) is 5. The predicted molar refractivity (Wildman–Crippen MR) is 147 cm³/mol. The van der Waals surface area contributed by atoms with Crippen LogP contribution in [0.25, 0.3) is 6.08 Å². The van der Waals surface area contributed by atoms with E-state index in [1.807, 2.05) is 0 Å². The number of aromatic nitrogens is 1. The number of nitrogens with one attached hydrogen (secondary N) is 3. The molecule has 0 aliphatic rings. The summed E-state index contributed by atoms with van der Waals surface area (Å²) in [4.78, 5) is 42.8. The second kappa shape index (κ2) is 13.0. The number of carbonyl (C=O) groups excluding carboxylic acids is 3. The molecule has 0 aliphatic heterocycles. The Morgan fingerprint density at radius 2 is 1.53 bits per heavy atom. The molecule has 0 atom stereocenters. The fraction of sp³-hybridized carbons (Fsp3) is 0.0345. The quantitative estimate of drug-likeness (QED) is 0.201. The third kappa shape index (κ3) is 7.62. The largest absolute Gasteiger partial charge is 0.321 e. The number of benzene rings is 3. The van der Waals surface area contributed by atoms with Gasteiger partial charge in [-0.05, 0) is 60.7 Å². The lowest BCUT2D eigenvalue weighted by Crippen LogP contribution is -2.30. The molecule has 0 bridgehead atoms. The van der Waals surface area contributed by atoms with Crippen LogP contribution in [0, 0.1) is 5.82 Å². The number of nitrogens with zero attached hydrogens (tertiary/aromatic N) is 1. The minimum absolute atomic E-state index is 0.117. The third-order valence-corrected chi connectivity index (χ3v) is 6.16. The van der Waals surface area contributed by atoms with Crippen LogP contribution in [0.15, 0.2) is 114 Å². The number of halogens is 1. The van der Waals surface area contributed by atoms with E-state index in [2.05, 4.69) is 20.9 Å². The van der Waals surface area contributed by atoms with Gasteiger partial charge in [0.15, 0.2) is 0 Å². The standard InChI is InChI=1S/C29H23FN4O3S/c30-24-11-5-4-10-21(24)18-25(33-28(36)20-8-2-1-3-9-20)29(37)32-22-13-15-23(16-14-22)38-19-27(35)34-26-12-6-7-17-31-26/h1-18H,19H2,(H,32,37)(H,33,36)(H,31,34,35)/b25-18-. The summed E-state index contributed by atoms with van der Waals surface area (Å²) in [6.45, 7) is 0. The fourth-order valence-corrected chi connectivity index (χ4v) is 3.99. The molecule has 4 rings (SSSR count). The molecule has 3 N–H and O–H groups in total. The molecule has 0 fully saturated rings. The monoisotopic (exact) mass is 526 g/mol. The van der Waals surface area contributed by atoms with Gasteiger partial charge in [0.2, 0.25) is 5.91 Å². The van der Waals surface area contributed by atoms with Gasteiger partial charge >= 0.3 is 0 Å². The second-order valence-corrected chi connectivity index (χ2v) is 8.98. The lowest BCUT2D eigenvalue weighted by Gasteiger charge is -2.12. The van der Waals surface area contributed by atoms with Crippen LogP contribution < -0.4 is 16.0 Å². The summed E-state index contributed by atoms with van der Waals surface area (Å²) < 4.78 is 14.3. The van der Waals surface area contributed by atoms with Gasteiger partial charge in [0.05, 0.1) is 5.75 Å². The summed E-state index contributed by atoms with van der Waals surface area (Å²) in [5.41, 5.74) is 0.856. The zero-order chi connectivity index (χ0) is 26.7. The molecule has 1 heterocycles. The highest BCUT2D eigenvalue weighted by molar-refractivity contribution is 8.00. The number of pyridine rings is 1. The van der Waals surface area contributed by atoms with Crippen molar-refractivity contribution in [2.75, 3.05) is 16.4 Å². The maximum absolute atomic E-state index is 14.3. The molecule has 0 saturated carbocycles. The average Bonchev–Trinajstić information content (AvgIpc) is 2.94. The van der Waals surface area contributed by atoms with Gasteiger partial charge < -0.3 is 16.0 Å². The van der Waals surface area contributed by atoms with E-state index in [9.17, 15) is 18.8 Å². The van der Waals surface area contributed by atoms with Gasteiger partial charge in [0.1, 0.15) is 17.3 Å². The van der Waals surface area contributed by atoms with Crippen molar-refractivity contribution in [1.82, 2.24) is 10.3 Å². The first-order valence-electron chi connectivity index (χ1n) is 11.6. The Bertz CT molecular complexity index is 1450. The van der Waals surface area contributed by atoms with Gasteiger partial charge in [-0.1, -0.05) is 42.5 Å². The SMILES string of the molecule is O=C(CSc1ccc(NC(=O)/C(=C/c2ccccc2F)NC(=O)c2ccccc2)cc1)Nc1ccccn1. The van der Waals surface area contributed by atoms with Gasteiger partial charge in [-0.25, -0.2) is 9.37 Å². The number of hydrogen-bond donors (Lipinski definition) is 3. The molecule has 190 valence electrons. The summed E-state index contributed by atoms with van der Waals surface area (Å²) in [6, 6.07) is 26.5. The number of carbonyl (C=O) groups is 3. The van der Waals surface area contributed by atoms with E-state index in [1.165, 1.54) is 36.0 Å². The summed E-state index contributed by atoms with van der Waals surface area (Å²) in [5, 5.41) is 8.02. The zero-order valence-corrected chi connectivity index (χ0v) is 20.9. The first-order chi connectivity index (χ1) is 18.5. The Hall–Kier alpha value is -4.76. The van der Waals surface area contributed by atoms with E-state index in [0.29, 0.717) is 17.1 Å². The molecule has 9 heteroatoms. The van der Waals surface area contributed by atoms with Gasteiger partial charge in [-0.3, -0.25) is 14.4 Å². The van der Waals surface area contributed by atoms with Gasteiger partial charge in [0.25, 0.3) is 11.8 Å². The predicted octanol–water partition coefficient (Wildman–Crippen LogP) is 5.36. The molecule has 3 amide bonds. The summed E-state index contributed by atoms with van der Waals surface area (Å²) in [5.74, 6) is -1.17. The summed E-state index contributed by atoms with van der Waals surface area (Å²) in [7, 11) is 0. The van der Waals surface area contributed by atoms with Crippen LogP contribution >= 0.6 is 11.8 Å². The van der Waals surface area contributed by atoms with Gasteiger partial charge in [0, 0.05) is 27.9 Å². The fourth-order valence-electron chi connectivity index (χ4n) is 3.29. The minimum Gasteiger partial charge on any atom is -0.321 e. The first-order valence-corrected chi connectivity index (χ1v) is 12.5. The lowest BCUT2D eigenvalue weighted by molar-refractivity contribution is -0.114. The molecule has 0 spiro atoms. The third-order valence-electron chi connectivity index (χ3n) is 5.15. The molecule has 0 radical (unpaired) electrons. The van der Waals surface area contributed by atoms with E-state index >= 15 is 0 Å². The number of rotatable bonds is 9. The first kappa shape index (κ1) is 26.3. The van der Waals surface area contributed by atoms with Crippen LogP contribution in [0.1, 0.15) is 15.9 Å². The zero-order valence-electron chi connectivity index (χ0n) is 20.1. The molecular formula is C29H23FN4O3S. The van der Waals surface area contributed by atoms with E-state index in [1.54, 1.807) is 85.1 Å². The summed E-state index contributed by atoms with van der Waals surface area (Å²) >= 11 is 1.33. The Morgan fingerprint density at radius 1 is 0.816 bits per heavy atom. The van der Waals surface area contributed by atoms with E-state index in [-0.39, 0.29) is 22.9 Å². The van der Waals surface area contributed by atoms with Crippen LogP contribution in [0.2, 0.25) is 0 Å². The topological polar surface area (TPSA) is 100 Å². The van der Waals surface area contributed by atoms with Crippen molar-refractivity contribution in [3.63, 3.8) is 0 Å². The smallest absolute Gasteiger partial charge is 0.272 e. The minimum atomic E-state index is -0.618. The normalized spacial score (nSPS) is 10.9. The van der Waals surface area contributed by atoms with Crippen molar-refractivity contribution in [3.05, 3.63) is 126 Å². The highest BCUT2D eigenvalue weighted by Gasteiger charge is 2.16. The molecule has 7 nitrogen and oxygen atoms in total. The Balaban J connectivity index is 1.42. The Kier molecular flexibility index (Phi) is 8.98. The molecule has 1 aromatic heterocycles. The van der Waals surface area contributed by atoms with Gasteiger partial charge in [-0.15, -0.1) is 11.8 Å². The maximum Gasteiger partial charge on any atom is 0.272 e. The van der Waals surface area contributed by atoms with Crippen molar-refractivity contribution in [2.24, 2.45) is 0 Å². The van der Waals surface area contributed by atoms with Crippen molar-refractivity contribution in [3.8, 4) is 0 Å². The van der Waals surface area contributed by atoms with Crippen LogP contribution in [-0.4, -0.2) is 28.5 Å². The molecule has 4 aromatic rings.